The molecule has 2 aromatic carbocycles. The van der Waals surface area contributed by atoms with Crippen LogP contribution in [-0.2, 0) is 10.0 Å². The van der Waals surface area contributed by atoms with E-state index in [4.69, 9.17) is 23.2 Å². The predicted molar refractivity (Wildman–Crippen MR) is 105 cm³/mol. The SMILES string of the molecule is CCN(CCNS(=O)(=O)c1cc(C)c(Cl)cc1Cl)c1cccc(C)c1. The van der Waals surface area contributed by atoms with Gasteiger partial charge in [-0.15, -0.1) is 0 Å². The highest BCUT2D eigenvalue weighted by Gasteiger charge is 2.19. The van der Waals surface area contributed by atoms with Gasteiger partial charge in [-0.2, -0.15) is 0 Å². The molecule has 2 rings (SSSR count). The molecule has 0 heterocycles. The van der Waals surface area contributed by atoms with Crippen molar-refractivity contribution in [2.45, 2.75) is 25.7 Å². The molecule has 0 fully saturated rings. The van der Waals surface area contributed by atoms with Gasteiger partial charge in [0.25, 0.3) is 0 Å². The summed E-state index contributed by atoms with van der Waals surface area (Å²) in [6, 6.07) is 11.1. The Morgan fingerprint density at radius 2 is 1.80 bits per heavy atom. The average Bonchev–Trinajstić information content (AvgIpc) is 2.54. The van der Waals surface area contributed by atoms with Crippen molar-refractivity contribution in [2.24, 2.45) is 0 Å². The molecule has 7 heteroatoms. The molecule has 0 saturated carbocycles. The Morgan fingerprint density at radius 3 is 2.44 bits per heavy atom. The number of hydrogen-bond acceptors (Lipinski definition) is 3. The highest BCUT2D eigenvalue weighted by Crippen LogP contribution is 2.28. The molecule has 0 aliphatic rings. The zero-order valence-corrected chi connectivity index (χ0v) is 16.8. The van der Waals surface area contributed by atoms with Gasteiger partial charge in [-0.05, 0) is 56.2 Å². The van der Waals surface area contributed by atoms with Gasteiger partial charge >= 0.3 is 0 Å². The number of hydrogen-bond donors (Lipinski definition) is 1. The van der Waals surface area contributed by atoms with Crippen molar-refractivity contribution in [3.05, 3.63) is 57.6 Å². The number of benzene rings is 2. The molecule has 136 valence electrons. The summed E-state index contributed by atoms with van der Waals surface area (Å²) in [6.45, 7) is 7.44. The van der Waals surface area contributed by atoms with Crippen LogP contribution in [0.5, 0.6) is 0 Å². The quantitative estimate of drug-likeness (QED) is 0.748. The summed E-state index contributed by atoms with van der Waals surface area (Å²) < 4.78 is 27.7. The zero-order chi connectivity index (χ0) is 18.6. The molecule has 4 nitrogen and oxygen atoms in total. The van der Waals surface area contributed by atoms with Gasteiger partial charge in [-0.3, -0.25) is 0 Å². The molecule has 0 bridgehead atoms. The van der Waals surface area contributed by atoms with Crippen molar-refractivity contribution in [1.82, 2.24) is 4.72 Å². The van der Waals surface area contributed by atoms with E-state index in [2.05, 4.69) is 15.7 Å². The third-order valence-corrected chi connectivity index (χ3v) is 6.26. The van der Waals surface area contributed by atoms with Gasteiger partial charge in [0.05, 0.1) is 5.02 Å². The van der Waals surface area contributed by atoms with Crippen LogP contribution in [-0.4, -0.2) is 28.1 Å². The fourth-order valence-electron chi connectivity index (χ4n) is 2.52. The second kappa shape index (κ2) is 8.41. The molecule has 0 aliphatic heterocycles. The van der Waals surface area contributed by atoms with E-state index in [0.29, 0.717) is 17.1 Å². The van der Waals surface area contributed by atoms with Gasteiger partial charge in [0.1, 0.15) is 4.90 Å². The molecule has 1 N–H and O–H groups in total. The fourth-order valence-corrected chi connectivity index (χ4v) is 4.37. The highest BCUT2D eigenvalue weighted by molar-refractivity contribution is 7.89. The van der Waals surface area contributed by atoms with Crippen LogP contribution in [0.4, 0.5) is 5.69 Å². The normalized spacial score (nSPS) is 11.6. The molecular weight excluding hydrogens is 379 g/mol. The van der Waals surface area contributed by atoms with Gasteiger partial charge in [0.2, 0.25) is 10.0 Å². The summed E-state index contributed by atoms with van der Waals surface area (Å²) in [5, 5.41) is 0.565. The second-order valence-corrected chi connectivity index (χ2v) is 8.40. The minimum absolute atomic E-state index is 0.0506. The number of aryl methyl sites for hydroxylation is 2. The van der Waals surface area contributed by atoms with Crippen LogP contribution in [0.3, 0.4) is 0 Å². The smallest absolute Gasteiger partial charge is 0.242 e. The Hall–Kier alpha value is -1.27. The van der Waals surface area contributed by atoms with E-state index in [9.17, 15) is 8.42 Å². The third-order valence-electron chi connectivity index (χ3n) is 3.92. The fraction of sp³-hybridized carbons (Fsp3) is 0.333. The standard InChI is InChI=1S/C18H22Cl2N2O2S/c1-4-22(15-7-5-6-13(2)10-15)9-8-21-25(23,24)18-11-14(3)16(19)12-17(18)20/h5-7,10-12,21H,4,8-9H2,1-3H3. The van der Waals surface area contributed by atoms with Crippen molar-refractivity contribution in [1.29, 1.82) is 0 Å². The summed E-state index contributed by atoms with van der Waals surface area (Å²) >= 11 is 12.0. The maximum atomic E-state index is 12.5. The number of likely N-dealkylation sites (N-methyl/N-ethyl adjacent to an activating group) is 1. The molecule has 0 aromatic heterocycles. The van der Waals surface area contributed by atoms with Crippen LogP contribution in [0.25, 0.3) is 0 Å². The molecule has 2 aromatic rings. The van der Waals surface area contributed by atoms with E-state index in [1.807, 2.05) is 32.0 Å². The molecule has 25 heavy (non-hydrogen) atoms. The van der Waals surface area contributed by atoms with Crippen LogP contribution in [0.2, 0.25) is 10.0 Å². The number of nitrogens with zero attached hydrogens (tertiary/aromatic N) is 1. The molecule has 0 unspecified atom stereocenters. The molecule has 0 saturated heterocycles. The molecular formula is C18H22Cl2N2O2S. The first kappa shape index (κ1) is 20.0. The summed E-state index contributed by atoms with van der Waals surface area (Å²) in [5.74, 6) is 0. The van der Waals surface area contributed by atoms with E-state index in [-0.39, 0.29) is 16.5 Å². The van der Waals surface area contributed by atoms with Gasteiger partial charge in [0.15, 0.2) is 0 Å². The van der Waals surface area contributed by atoms with Crippen LogP contribution in [0, 0.1) is 13.8 Å². The lowest BCUT2D eigenvalue weighted by atomic mass is 10.2. The van der Waals surface area contributed by atoms with E-state index >= 15 is 0 Å². The van der Waals surface area contributed by atoms with Crippen molar-refractivity contribution in [3.8, 4) is 0 Å². The lowest BCUT2D eigenvalue weighted by Crippen LogP contribution is -2.35. The van der Waals surface area contributed by atoms with E-state index in [0.717, 1.165) is 12.2 Å². The monoisotopic (exact) mass is 400 g/mol. The van der Waals surface area contributed by atoms with E-state index in [1.165, 1.54) is 17.7 Å². The average molecular weight is 401 g/mol. The van der Waals surface area contributed by atoms with Crippen LogP contribution >= 0.6 is 23.2 Å². The van der Waals surface area contributed by atoms with Crippen molar-refractivity contribution in [2.75, 3.05) is 24.5 Å². The molecule has 0 atom stereocenters. The predicted octanol–water partition coefficient (Wildman–Crippen LogP) is 4.42. The largest absolute Gasteiger partial charge is 0.370 e. The van der Waals surface area contributed by atoms with Crippen LogP contribution < -0.4 is 9.62 Å². The molecule has 0 spiro atoms. The minimum atomic E-state index is -3.69. The van der Waals surface area contributed by atoms with E-state index < -0.39 is 10.0 Å². The first-order valence-electron chi connectivity index (χ1n) is 8.01. The Morgan fingerprint density at radius 1 is 1.08 bits per heavy atom. The van der Waals surface area contributed by atoms with Gasteiger partial charge < -0.3 is 4.90 Å². The molecule has 0 amide bonds. The Kier molecular flexibility index (Phi) is 6.74. The van der Waals surface area contributed by atoms with Crippen molar-refractivity contribution >= 4 is 38.9 Å². The van der Waals surface area contributed by atoms with Crippen LogP contribution in [0.15, 0.2) is 41.3 Å². The molecule has 0 aliphatic carbocycles. The lowest BCUT2D eigenvalue weighted by molar-refractivity contribution is 0.581. The number of nitrogens with one attached hydrogen (secondary N) is 1. The second-order valence-electron chi connectivity index (χ2n) is 5.85. The third kappa shape index (κ3) is 5.11. The number of halogens is 2. The summed E-state index contributed by atoms with van der Waals surface area (Å²) in [5.41, 5.74) is 2.91. The van der Waals surface area contributed by atoms with E-state index in [1.54, 1.807) is 6.92 Å². The number of anilines is 1. The number of rotatable bonds is 7. The summed E-state index contributed by atoms with van der Waals surface area (Å²) in [4.78, 5) is 2.17. The van der Waals surface area contributed by atoms with Crippen LogP contribution in [0.1, 0.15) is 18.1 Å². The van der Waals surface area contributed by atoms with Crippen molar-refractivity contribution in [3.63, 3.8) is 0 Å². The van der Waals surface area contributed by atoms with Crippen molar-refractivity contribution < 1.29 is 8.42 Å². The molecule has 0 radical (unpaired) electrons. The van der Waals surface area contributed by atoms with Gasteiger partial charge in [-0.1, -0.05) is 35.3 Å². The highest BCUT2D eigenvalue weighted by atomic mass is 35.5. The summed E-state index contributed by atoms with van der Waals surface area (Å²) in [6.07, 6.45) is 0. The summed E-state index contributed by atoms with van der Waals surface area (Å²) in [7, 11) is -3.69. The maximum Gasteiger partial charge on any atom is 0.242 e. The number of sulfonamides is 1. The zero-order valence-electron chi connectivity index (χ0n) is 14.5. The maximum absolute atomic E-state index is 12.5. The Balaban J connectivity index is 2.08. The first-order valence-corrected chi connectivity index (χ1v) is 10.3. The first-order chi connectivity index (χ1) is 11.7. The van der Waals surface area contributed by atoms with Gasteiger partial charge in [0, 0.05) is 30.3 Å². The topological polar surface area (TPSA) is 49.4 Å². The lowest BCUT2D eigenvalue weighted by Gasteiger charge is -2.23. The van der Waals surface area contributed by atoms with Gasteiger partial charge in [-0.25, -0.2) is 13.1 Å². The minimum Gasteiger partial charge on any atom is -0.370 e. The Labute approximate surface area is 159 Å². The Bertz CT molecular complexity index is 854.